The lowest BCUT2D eigenvalue weighted by atomic mass is 10.0. The van der Waals surface area contributed by atoms with Gasteiger partial charge in [-0.15, -0.1) is 0 Å². The van der Waals surface area contributed by atoms with Gasteiger partial charge in [-0.3, -0.25) is 4.98 Å². The molecule has 0 amide bonds. The summed E-state index contributed by atoms with van der Waals surface area (Å²) in [5.74, 6) is -0.318. The fraction of sp³-hybridized carbons (Fsp3) is 0.231. The maximum atomic E-state index is 11.7. The molecule has 0 aliphatic carbocycles. The highest BCUT2D eigenvalue weighted by atomic mass is 16.5. The highest BCUT2D eigenvalue weighted by molar-refractivity contribution is 6.05. The molecule has 0 fully saturated rings. The lowest BCUT2D eigenvalue weighted by Crippen LogP contribution is -2.08. The second kappa shape index (κ2) is 4.31. The molecule has 0 unspecified atom stereocenters. The number of rotatable bonds is 2. The minimum Gasteiger partial charge on any atom is -0.465 e. The van der Waals surface area contributed by atoms with Crippen LogP contribution in [0.2, 0.25) is 0 Å². The zero-order valence-electron chi connectivity index (χ0n) is 9.36. The summed E-state index contributed by atoms with van der Waals surface area (Å²) in [5.41, 5.74) is 1.37. The minimum atomic E-state index is -0.318. The van der Waals surface area contributed by atoms with E-state index in [1.54, 1.807) is 6.20 Å². The number of ether oxygens (including phenoxy) is 1. The zero-order chi connectivity index (χ0) is 11.5. The van der Waals surface area contributed by atoms with E-state index in [1.165, 1.54) is 7.11 Å². The van der Waals surface area contributed by atoms with Crippen molar-refractivity contribution in [2.45, 2.75) is 13.3 Å². The monoisotopic (exact) mass is 215 g/mol. The predicted octanol–water partition coefficient (Wildman–Crippen LogP) is 2.58. The number of aromatic nitrogens is 1. The molecule has 0 bridgehead atoms. The van der Waals surface area contributed by atoms with Gasteiger partial charge >= 0.3 is 5.97 Å². The van der Waals surface area contributed by atoms with Crippen LogP contribution in [0.15, 0.2) is 30.5 Å². The van der Waals surface area contributed by atoms with Crippen molar-refractivity contribution in [3.8, 4) is 0 Å². The second-order valence-corrected chi connectivity index (χ2v) is 3.51. The normalized spacial score (nSPS) is 10.4. The highest BCUT2D eigenvalue weighted by Crippen LogP contribution is 2.21. The minimum absolute atomic E-state index is 0.318. The van der Waals surface area contributed by atoms with Crippen LogP contribution in [0.25, 0.3) is 10.8 Å². The number of esters is 1. The first-order valence-corrected chi connectivity index (χ1v) is 5.22. The maximum absolute atomic E-state index is 11.7. The van der Waals surface area contributed by atoms with Crippen LogP contribution >= 0.6 is 0 Å². The van der Waals surface area contributed by atoms with Gasteiger partial charge < -0.3 is 4.74 Å². The van der Waals surface area contributed by atoms with Crippen molar-refractivity contribution >= 4 is 16.7 Å². The Kier molecular flexibility index (Phi) is 2.86. The van der Waals surface area contributed by atoms with Crippen molar-refractivity contribution in [1.29, 1.82) is 0 Å². The van der Waals surface area contributed by atoms with Gasteiger partial charge in [0.25, 0.3) is 0 Å². The molecule has 0 atom stereocenters. The quantitative estimate of drug-likeness (QED) is 0.723. The SMILES string of the molecule is CCc1ncc2ccccc2c1C(=O)OC. The molecule has 16 heavy (non-hydrogen) atoms. The molecular weight excluding hydrogens is 202 g/mol. The predicted molar refractivity (Wildman–Crippen MR) is 62.5 cm³/mol. The number of hydrogen-bond acceptors (Lipinski definition) is 3. The third-order valence-electron chi connectivity index (χ3n) is 2.60. The molecule has 3 nitrogen and oxygen atoms in total. The van der Waals surface area contributed by atoms with Crippen molar-refractivity contribution < 1.29 is 9.53 Å². The van der Waals surface area contributed by atoms with Crippen molar-refractivity contribution in [2.75, 3.05) is 7.11 Å². The van der Waals surface area contributed by atoms with E-state index in [9.17, 15) is 4.79 Å². The van der Waals surface area contributed by atoms with Gasteiger partial charge in [0, 0.05) is 11.6 Å². The molecule has 1 aromatic carbocycles. The van der Waals surface area contributed by atoms with Crippen LogP contribution in [-0.2, 0) is 11.2 Å². The molecule has 0 spiro atoms. The summed E-state index contributed by atoms with van der Waals surface area (Å²) in [4.78, 5) is 16.0. The Bertz CT molecular complexity index is 534. The van der Waals surface area contributed by atoms with E-state index >= 15 is 0 Å². The van der Waals surface area contributed by atoms with Gasteiger partial charge in [0.1, 0.15) is 0 Å². The number of hydrogen-bond donors (Lipinski definition) is 0. The van der Waals surface area contributed by atoms with Crippen LogP contribution in [0.1, 0.15) is 23.0 Å². The molecule has 82 valence electrons. The largest absolute Gasteiger partial charge is 0.465 e. The van der Waals surface area contributed by atoms with Crippen molar-refractivity contribution in [3.63, 3.8) is 0 Å². The third kappa shape index (κ3) is 1.65. The van der Waals surface area contributed by atoms with Gasteiger partial charge in [-0.05, 0) is 11.8 Å². The van der Waals surface area contributed by atoms with E-state index in [4.69, 9.17) is 4.74 Å². The van der Waals surface area contributed by atoms with E-state index < -0.39 is 0 Å². The van der Waals surface area contributed by atoms with Gasteiger partial charge in [0.15, 0.2) is 0 Å². The van der Waals surface area contributed by atoms with Gasteiger partial charge in [-0.2, -0.15) is 0 Å². The van der Waals surface area contributed by atoms with E-state index in [0.717, 1.165) is 22.9 Å². The lowest BCUT2D eigenvalue weighted by Gasteiger charge is -2.08. The highest BCUT2D eigenvalue weighted by Gasteiger charge is 2.15. The molecule has 0 N–H and O–H groups in total. The fourth-order valence-corrected chi connectivity index (χ4v) is 1.80. The summed E-state index contributed by atoms with van der Waals surface area (Å²) in [7, 11) is 1.39. The van der Waals surface area contributed by atoms with Crippen LogP contribution in [-0.4, -0.2) is 18.1 Å². The van der Waals surface area contributed by atoms with Crippen molar-refractivity contribution in [1.82, 2.24) is 4.98 Å². The molecule has 0 saturated carbocycles. The number of carbonyl (C=O) groups is 1. The third-order valence-corrected chi connectivity index (χ3v) is 2.60. The summed E-state index contributed by atoms with van der Waals surface area (Å²) in [6, 6.07) is 7.70. The standard InChI is InChI=1S/C13H13NO2/c1-3-11-12(13(15)16-2)10-7-5-4-6-9(10)8-14-11/h4-8H,3H2,1-2H3. The average molecular weight is 215 g/mol. The number of methoxy groups -OCH3 is 1. The van der Waals surface area contributed by atoms with Crippen LogP contribution in [0.4, 0.5) is 0 Å². The Morgan fingerprint density at radius 2 is 2.12 bits per heavy atom. The van der Waals surface area contributed by atoms with Crippen LogP contribution in [0, 0.1) is 0 Å². The number of carbonyl (C=O) groups excluding carboxylic acids is 1. The van der Waals surface area contributed by atoms with Gasteiger partial charge in [0.05, 0.1) is 18.4 Å². The molecule has 0 aliphatic heterocycles. The lowest BCUT2D eigenvalue weighted by molar-refractivity contribution is 0.0601. The Hall–Kier alpha value is -1.90. The number of nitrogens with zero attached hydrogens (tertiary/aromatic N) is 1. The smallest absolute Gasteiger partial charge is 0.340 e. The topological polar surface area (TPSA) is 39.2 Å². The molecule has 0 saturated heterocycles. The number of pyridine rings is 1. The molecule has 0 radical (unpaired) electrons. The molecule has 2 rings (SSSR count). The molecule has 1 heterocycles. The van der Waals surface area contributed by atoms with Crippen molar-refractivity contribution in [3.05, 3.63) is 41.7 Å². The van der Waals surface area contributed by atoms with E-state index in [1.807, 2.05) is 31.2 Å². The van der Waals surface area contributed by atoms with Crippen LogP contribution in [0.3, 0.4) is 0 Å². The van der Waals surface area contributed by atoms with Crippen LogP contribution in [0.5, 0.6) is 0 Å². The first kappa shape index (κ1) is 10.6. The number of fused-ring (bicyclic) bond motifs is 1. The van der Waals surface area contributed by atoms with E-state index in [-0.39, 0.29) is 5.97 Å². The summed E-state index contributed by atoms with van der Waals surface area (Å²) >= 11 is 0. The Morgan fingerprint density at radius 1 is 1.38 bits per heavy atom. The summed E-state index contributed by atoms with van der Waals surface area (Å²) < 4.78 is 4.81. The van der Waals surface area contributed by atoms with Gasteiger partial charge in [-0.25, -0.2) is 4.79 Å². The molecule has 2 aromatic rings. The zero-order valence-corrected chi connectivity index (χ0v) is 9.36. The van der Waals surface area contributed by atoms with Gasteiger partial charge in [-0.1, -0.05) is 31.2 Å². The molecule has 1 aromatic heterocycles. The Labute approximate surface area is 94.1 Å². The van der Waals surface area contributed by atoms with E-state index in [2.05, 4.69) is 4.98 Å². The maximum Gasteiger partial charge on any atom is 0.340 e. The van der Waals surface area contributed by atoms with Crippen LogP contribution < -0.4 is 0 Å². The number of aryl methyl sites for hydroxylation is 1. The number of benzene rings is 1. The summed E-state index contributed by atoms with van der Waals surface area (Å²) in [6.45, 7) is 1.98. The Balaban J connectivity index is 2.78. The Morgan fingerprint density at radius 3 is 2.81 bits per heavy atom. The molecule has 0 aliphatic rings. The van der Waals surface area contributed by atoms with E-state index in [0.29, 0.717) is 5.56 Å². The first-order chi connectivity index (χ1) is 7.77. The first-order valence-electron chi connectivity index (χ1n) is 5.22. The summed E-state index contributed by atoms with van der Waals surface area (Å²) in [5, 5.41) is 1.86. The second-order valence-electron chi connectivity index (χ2n) is 3.51. The molecular formula is C13H13NO2. The summed E-state index contributed by atoms with van der Waals surface area (Å²) in [6.07, 6.45) is 2.51. The van der Waals surface area contributed by atoms with Gasteiger partial charge in [0.2, 0.25) is 0 Å². The molecule has 3 heteroatoms. The van der Waals surface area contributed by atoms with Crippen molar-refractivity contribution in [2.24, 2.45) is 0 Å². The average Bonchev–Trinajstić information content (AvgIpc) is 2.36. The fourth-order valence-electron chi connectivity index (χ4n) is 1.80.